The van der Waals surface area contributed by atoms with E-state index >= 15 is 0 Å². The molecule has 6 heteroatoms. The summed E-state index contributed by atoms with van der Waals surface area (Å²) in [6, 6.07) is 14.5. The molecule has 1 heterocycles. The van der Waals surface area contributed by atoms with E-state index < -0.39 is 5.91 Å². The first-order valence-corrected chi connectivity index (χ1v) is 9.41. The molecular formula is C22H24N4O2. The van der Waals surface area contributed by atoms with E-state index in [1.807, 2.05) is 24.3 Å². The van der Waals surface area contributed by atoms with Crippen LogP contribution in [0.2, 0.25) is 0 Å². The molecule has 0 fully saturated rings. The van der Waals surface area contributed by atoms with Crippen LogP contribution in [0.25, 0.3) is 5.69 Å². The second-order valence-corrected chi connectivity index (χ2v) is 6.55. The number of aromatic nitrogens is 2. The van der Waals surface area contributed by atoms with E-state index in [-0.39, 0.29) is 5.56 Å². The van der Waals surface area contributed by atoms with E-state index in [1.54, 1.807) is 30.5 Å². The van der Waals surface area contributed by atoms with Gasteiger partial charge < -0.3 is 5.73 Å². The highest BCUT2D eigenvalue weighted by Gasteiger charge is 2.14. The number of amides is 1. The van der Waals surface area contributed by atoms with E-state index in [1.165, 1.54) is 4.68 Å². The fourth-order valence-electron chi connectivity index (χ4n) is 3.10. The number of aliphatic imine (C=N–C) groups is 1. The first-order chi connectivity index (χ1) is 13.5. The molecule has 0 aliphatic heterocycles. The van der Waals surface area contributed by atoms with Crippen LogP contribution in [-0.2, 0) is 12.8 Å². The molecule has 0 atom stereocenters. The fraction of sp³-hybridized carbons (Fsp3) is 0.227. The Hall–Kier alpha value is -3.41. The highest BCUT2D eigenvalue weighted by molar-refractivity contribution is 5.92. The number of benzene rings is 2. The largest absolute Gasteiger partial charge is 0.366 e. The number of primary amides is 1. The number of nitrogens with zero attached hydrogens (tertiary/aromatic N) is 2. The van der Waals surface area contributed by atoms with Gasteiger partial charge in [-0.1, -0.05) is 38.5 Å². The van der Waals surface area contributed by atoms with Gasteiger partial charge in [0, 0.05) is 17.5 Å². The molecule has 3 N–H and O–H groups in total. The minimum Gasteiger partial charge on any atom is -0.366 e. The van der Waals surface area contributed by atoms with Crippen LogP contribution in [0.15, 0.2) is 58.3 Å². The summed E-state index contributed by atoms with van der Waals surface area (Å²) in [6.07, 6.45) is 4.15. The Kier molecular flexibility index (Phi) is 5.89. The van der Waals surface area contributed by atoms with Gasteiger partial charge in [0.05, 0.1) is 16.9 Å². The van der Waals surface area contributed by atoms with Gasteiger partial charge in [-0.15, -0.1) is 0 Å². The summed E-state index contributed by atoms with van der Waals surface area (Å²) < 4.78 is 1.48. The van der Waals surface area contributed by atoms with Crippen molar-refractivity contribution < 1.29 is 4.79 Å². The molecular weight excluding hydrogens is 352 g/mol. The first kappa shape index (κ1) is 19.4. The maximum absolute atomic E-state index is 13.0. The summed E-state index contributed by atoms with van der Waals surface area (Å²) in [5.41, 5.74) is 9.54. The van der Waals surface area contributed by atoms with Crippen molar-refractivity contribution in [3.63, 3.8) is 0 Å². The van der Waals surface area contributed by atoms with Crippen LogP contribution < -0.4 is 11.3 Å². The Labute approximate surface area is 163 Å². The molecule has 0 unspecified atom stereocenters. The van der Waals surface area contributed by atoms with Gasteiger partial charge in [-0.2, -0.15) is 0 Å². The lowest BCUT2D eigenvalue weighted by Gasteiger charge is -2.02. The van der Waals surface area contributed by atoms with Gasteiger partial charge >= 0.3 is 0 Å². The van der Waals surface area contributed by atoms with Crippen molar-refractivity contribution in [1.82, 2.24) is 9.78 Å². The molecule has 0 bridgehead atoms. The molecule has 1 amide bonds. The number of rotatable bonds is 7. The lowest BCUT2D eigenvalue weighted by Crippen LogP contribution is -2.17. The van der Waals surface area contributed by atoms with Crippen LogP contribution in [-0.4, -0.2) is 21.9 Å². The Balaban J connectivity index is 2.03. The van der Waals surface area contributed by atoms with Gasteiger partial charge in [-0.05, 0) is 48.7 Å². The number of hydrogen-bond acceptors (Lipinski definition) is 3. The minimum absolute atomic E-state index is 0.173. The highest BCUT2D eigenvalue weighted by atomic mass is 16.1. The van der Waals surface area contributed by atoms with Crippen molar-refractivity contribution in [2.75, 3.05) is 0 Å². The van der Waals surface area contributed by atoms with Crippen molar-refractivity contribution in [2.24, 2.45) is 10.7 Å². The quantitative estimate of drug-likeness (QED) is 0.617. The highest BCUT2D eigenvalue weighted by Crippen LogP contribution is 2.19. The summed E-state index contributed by atoms with van der Waals surface area (Å²) in [5.74, 6) is -0.500. The van der Waals surface area contributed by atoms with E-state index in [0.717, 1.165) is 36.2 Å². The number of H-pyrrole nitrogens is 1. The van der Waals surface area contributed by atoms with E-state index in [4.69, 9.17) is 5.73 Å². The topological polar surface area (TPSA) is 93.2 Å². The molecule has 3 aromatic rings. The third kappa shape index (κ3) is 3.96. The van der Waals surface area contributed by atoms with Crippen LogP contribution in [0.3, 0.4) is 0 Å². The average molecular weight is 376 g/mol. The number of hydrogen-bond donors (Lipinski definition) is 2. The lowest BCUT2D eigenvalue weighted by atomic mass is 10.1. The van der Waals surface area contributed by atoms with Crippen LogP contribution in [0.1, 0.15) is 47.4 Å². The van der Waals surface area contributed by atoms with Crippen LogP contribution in [0.5, 0.6) is 0 Å². The SMILES string of the molecule is CCCc1[nH]n(-c2ccc(C(N)=O)cc2)c(=O)c1C=Nc1ccccc1CC. The monoisotopic (exact) mass is 376 g/mol. The van der Waals surface area contributed by atoms with Gasteiger partial charge in [0.25, 0.3) is 5.56 Å². The molecule has 1 aromatic heterocycles. The van der Waals surface area contributed by atoms with Crippen molar-refractivity contribution >= 4 is 17.8 Å². The van der Waals surface area contributed by atoms with Gasteiger partial charge in [0.2, 0.25) is 5.91 Å². The molecule has 0 radical (unpaired) electrons. The molecule has 0 aliphatic rings. The minimum atomic E-state index is -0.500. The Morgan fingerprint density at radius 3 is 2.50 bits per heavy atom. The molecule has 2 aromatic carbocycles. The Morgan fingerprint density at radius 1 is 1.14 bits per heavy atom. The normalized spacial score (nSPS) is 11.2. The van der Waals surface area contributed by atoms with Gasteiger partial charge in [0.15, 0.2) is 0 Å². The molecule has 3 rings (SSSR count). The van der Waals surface area contributed by atoms with E-state index in [2.05, 4.69) is 23.9 Å². The number of aryl methyl sites for hydroxylation is 2. The van der Waals surface area contributed by atoms with Crippen molar-refractivity contribution in [2.45, 2.75) is 33.1 Å². The van der Waals surface area contributed by atoms with E-state index in [0.29, 0.717) is 16.8 Å². The number of aromatic amines is 1. The average Bonchev–Trinajstić information content (AvgIpc) is 3.02. The maximum Gasteiger partial charge on any atom is 0.280 e. The van der Waals surface area contributed by atoms with Crippen molar-refractivity contribution in [3.8, 4) is 5.69 Å². The predicted octanol–water partition coefficient (Wildman–Crippen LogP) is 3.53. The number of carbonyl (C=O) groups is 1. The molecule has 144 valence electrons. The first-order valence-electron chi connectivity index (χ1n) is 9.41. The standard InChI is InChI=1S/C22H24N4O2/c1-3-7-20-18(14-24-19-9-6-5-8-15(19)4-2)22(28)26(25-20)17-12-10-16(11-13-17)21(23)27/h5-6,8-14,25H,3-4,7H2,1-2H3,(H2,23,27). The molecule has 6 nitrogen and oxygen atoms in total. The smallest absolute Gasteiger partial charge is 0.280 e. The third-order valence-corrected chi connectivity index (χ3v) is 4.62. The zero-order chi connectivity index (χ0) is 20.1. The van der Waals surface area contributed by atoms with Crippen LogP contribution in [0, 0.1) is 0 Å². The second-order valence-electron chi connectivity index (χ2n) is 6.55. The Morgan fingerprint density at radius 2 is 1.86 bits per heavy atom. The van der Waals surface area contributed by atoms with Gasteiger partial charge in [-0.25, -0.2) is 4.68 Å². The zero-order valence-corrected chi connectivity index (χ0v) is 16.1. The number of nitrogens with two attached hydrogens (primary N) is 1. The predicted molar refractivity (Wildman–Crippen MR) is 112 cm³/mol. The number of nitrogens with one attached hydrogen (secondary N) is 1. The van der Waals surface area contributed by atoms with Crippen molar-refractivity contribution in [1.29, 1.82) is 0 Å². The van der Waals surface area contributed by atoms with Gasteiger partial charge in [-0.3, -0.25) is 19.7 Å². The van der Waals surface area contributed by atoms with Crippen LogP contribution >= 0.6 is 0 Å². The van der Waals surface area contributed by atoms with Crippen molar-refractivity contribution in [3.05, 3.63) is 81.3 Å². The van der Waals surface area contributed by atoms with Gasteiger partial charge in [0.1, 0.15) is 0 Å². The summed E-state index contributed by atoms with van der Waals surface area (Å²) >= 11 is 0. The number of para-hydroxylation sites is 1. The number of carbonyl (C=O) groups excluding carboxylic acids is 1. The van der Waals surface area contributed by atoms with Crippen LogP contribution in [0.4, 0.5) is 5.69 Å². The summed E-state index contributed by atoms with van der Waals surface area (Å²) in [6.45, 7) is 4.14. The molecule has 28 heavy (non-hydrogen) atoms. The molecule has 0 spiro atoms. The molecule has 0 saturated heterocycles. The lowest BCUT2D eigenvalue weighted by molar-refractivity contribution is 0.100. The third-order valence-electron chi connectivity index (χ3n) is 4.62. The summed E-state index contributed by atoms with van der Waals surface area (Å²) in [5, 5.41) is 3.18. The molecule has 0 saturated carbocycles. The zero-order valence-electron chi connectivity index (χ0n) is 16.1. The maximum atomic E-state index is 13.0. The summed E-state index contributed by atoms with van der Waals surface area (Å²) in [4.78, 5) is 28.8. The molecule has 0 aliphatic carbocycles. The fourth-order valence-corrected chi connectivity index (χ4v) is 3.10. The van der Waals surface area contributed by atoms with E-state index in [9.17, 15) is 9.59 Å². The Bertz CT molecular complexity index is 1060. The summed E-state index contributed by atoms with van der Waals surface area (Å²) in [7, 11) is 0. The second kappa shape index (κ2) is 8.52.